The van der Waals surface area contributed by atoms with E-state index in [1.54, 1.807) is 11.1 Å². The van der Waals surface area contributed by atoms with Crippen LogP contribution in [-0.4, -0.2) is 8.07 Å². The monoisotopic (exact) mass is 326 g/mol. The summed E-state index contributed by atoms with van der Waals surface area (Å²) < 4.78 is 0. The van der Waals surface area contributed by atoms with Crippen LogP contribution in [0.5, 0.6) is 0 Å². The Hall–Kier alpha value is 0.991. The molecule has 0 spiro atoms. The van der Waals surface area contributed by atoms with Crippen molar-refractivity contribution >= 4 is 26.7 Å². The molecule has 0 atom stereocenters. The topological polar surface area (TPSA) is 0 Å². The maximum atomic E-state index is 4.89. The van der Waals surface area contributed by atoms with Crippen LogP contribution in [0, 0.1) is 14.0 Å². The molecule has 0 aromatic heterocycles. The van der Waals surface area contributed by atoms with E-state index < -0.39 is 25.1 Å². The third-order valence-electron chi connectivity index (χ3n) is 3.39. The van der Waals surface area contributed by atoms with Gasteiger partial charge in [0.1, 0.15) is 0 Å². The fourth-order valence-corrected chi connectivity index (χ4v) is 5.30. The molecule has 0 bridgehead atoms. The van der Waals surface area contributed by atoms with E-state index in [9.17, 15) is 0 Å². The van der Waals surface area contributed by atoms with E-state index in [1.807, 2.05) is 0 Å². The summed E-state index contributed by atoms with van der Waals surface area (Å²) in [6, 6.07) is 0. The zero-order valence-corrected chi connectivity index (χ0v) is 16.1. The first-order valence-corrected chi connectivity index (χ1v) is 12.9. The Kier molecular flexibility index (Phi) is 9.82. The molecule has 0 amide bonds. The van der Waals surface area contributed by atoms with E-state index in [0.29, 0.717) is 5.54 Å². The van der Waals surface area contributed by atoms with E-state index in [1.165, 1.54) is 11.1 Å². The average molecular weight is 327 g/mol. The van der Waals surface area contributed by atoms with Crippen LogP contribution < -0.4 is 0 Å². The summed E-state index contributed by atoms with van der Waals surface area (Å²) in [5, 5.41) is 0. The van der Waals surface area contributed by atoms with E-state index in [2.05, 4.69) is 47.3 Å². The predicted molar refractivity (Wildman–Crippen MR) is 81.5 cm³/mol. The van der Waals surface area contributed by atoms with Gasteiger partial charge in [0.15, 0.2) is 0 Å². The predicted octanol–water partition coefficient (Wildman–Crippen LogP) is 5.95. The summed E-state index contributed by atoms with van der Waals surface area (Å²) in [7, 11) is 8.48. The number of hydrogen-bond donors (Lipinski definition) is 0. The second kappa shape index (κ2) is 8.22. The Morgan fingerprint density at radius 3 is 1.35 bits per heavy atom. The molecule has 0 aromatic carbocycles. The summed E-state index contributed by atoms with van der Waals surface area (Å²) in [6.07, 6.45) is 0. The van der Waals surface area contributed by atoms with Gasteiger partial charge in [0.05, 0.1) is 0 Å². The molecule has 17 heavy (non-hydrogen) atoms. The van der Waals surface area contributed by atoms with Crippen molar-refractivity contribution in [2.24, 2.45) is 0 Å². The van der Waals surface area contributed by atoms with Crippen LogP contribution in [0.2, 0.25) is 18.6 Å². The first-order chi connectivity index (χ1) is 7.18. The van der Waals surface area contributed by atoms with E-state index in [-0.39, 0.29) is 7.43 Å². The number of allylic oxidation sites excluding steroid dienone is 4. The zero-order chi connectivity index (χ0) is 13.1. The second-order valence-corrected chi connectivity index (χ2v) is 12.2. The molecular formula is C13H24Cl2SiTi-2. The van der Waals surface area contributed by atoms with Gasteiger partial charge in [0.25, 0.3) is 0 Å². The molecule has 0 N–H and O–H groups in total. The summed E-state index contributed by atoms with van der Waals surface area (Å²) >= 11 is -0.556. The minimum absolute atomic E-state index is 0. The van der Waals surface area contributed by atoms with Gasteiger partial charge in [0.2, 0.25) is 0 Å². The fraction of sp³-hybridized carbons (Fsp3) is 0.538. The average Bonchev–Trinajstić information content (AvgIpc) is 2.31. The Bertz CT molecular complexity index is 290. The third-order valence-corrected chi connectivity index (χ3v) is 5.82. The molecule has 1 aliphatic carbocycles. The molecule has 0 nitrogen and oxygen atoms in total. The van der Waals surface area contributed by atoms with Crippen molar-refractivity contribution in [1.29, 1.82) is 0 Å². The van der Waals surface area contributed by atoms with Crippen LogP contribution in [0.1, 0.15) is 27.7 Å². The zero-order valence-electron chi connectivity index (χ0n) is 12.0. The van der Waals surface area contributed by atoms with Gasteiger partial charge in [-0.05, 0) is 44.4 Å². The second-order valence-electron chi connectivity index (χ2n) is 5.11. The van der Waals surface area contributed by atoms with Gasteiger partial charge in [-0.25, -0.2) is 0 Å². The molecule has 0 aliphatic heterocycles. The van der Waals surface area contributed by atoms with Gasteiger partial charge in [0, 0.05) is 0 Å². The summed E-state index contributed by atoms with van der Waals surface area (Å²) in [5.74, 6) is 0. The molecule has 0 aromatic rings. The van der Waals surface area contributed by atoms with Crippen LogP contribution in [0.3, 0.4) is 0 Å². The SMILES string of the molecule is [CH2-][Si](C)(C)C1C(C)=C(C)C(C)=C1C.[CH3-].[Cl][Ti][Cl]. The molecule has 1 rings (SSSR count). The van der Waals surface area contributed by atoms with Crippen LogP contribution in [0.4, 0.5) is 0 Å². The summed E-state index contributed by atoms with van der Waals surface area (Å²) in [6.45, 7) is 18.2. The van der Waals surface area contributed by atoms with Crippen LogP contribution in [0.25, 0.3) is 0 Å². The minimum atomic E-state index is -1.30. The molecule has 0 fully saturated rings. The molecule has 0 heterocycles. The van der Waals surface area contributed by atoms with Gasteiger partial charge < -0.3 is 14.0 Å². The Morgan fingerprint density at radius 2 is 1.24 bits per heavy atom. The van der Waals surface area contributed by atoms with Crippen LogP contribution in [-0.2, 0) is 17.0 Å². The van der Waals surface area contributed by atoms with E-state index in [4.69, 9.17) is 18.6 Å². The molecular weight excluding hydrogens is 303 g/mol. The van der Waals surface area contributed by atoms with Gasteiger partial charge >= 0.3 is 35.6 Å². The van der Waals surface area contributed by atoms with Crippen molar-refractivity contribution in [3.05, 3.63) is 36.3 Å². The number of halogens is 2. The van der Waals surface area contributed by atoms with Crippen molar-refractivity contribution in [3.63, 3.8) is 0 Å². The normalized spacial score (nSPS) is 16.5. The van der Waals surface area contributed by atoms with Crippen LogP contribution in [0.15, 0.2) is 22.3 Å². The Morgan fingerprint density at radius 1 is 1.00 bits per heavy atom. The first-order valence-electron chi connectivity index (χ1n) is 5.35. The van der Waals surface area contributed by atoms with Crippen molar-refractivity contribution in [1.82, 2.24) is 0 Å². The molecule has 0 saturated carbocycles. The quantitative estimate of drug-likeness (QED) is 0.412. The molecule has 0 radical (unpaired) electrons. The van der Waals surface area contributed by atoms with E-state index >= 15 is 0 Å². The number of hydrogen-bond acceptors (Lipinski definition) is 0. The summed E-state index contributed by atoms with van der Waals surface area (Å²) in [4.78, 5) is 0. The molecule has 0 saturated heterocycles. The molecule has 4 heteroatoms. The maximum absolute atomic E-state index is 4.89. The van der Waals surface area contributed by atoms with Crippen molar-refractivity contribution in [2.75, 3.05) is 0 Å². The fourth-order valence-electron chi connectivity index (χ4n) is 2.52. The van der Waals surface area contributed by atoms with E-state index in [0.717, 1.165) is 0 Å². The van der Waals surface area contributed by atoms with Crippen LogP contribution >= 0.6 is 18.6 Å². The third kappa shape index (κ3) is 5.24. The Balaban J connectivity index is 0. The Labute approximate surface area is 126 Å². The summed E-state index contributed by atoms with van der Waals surface area (Å²) in [5.41, 5.74) is 6.84. The van der Waals surface area contributed by atoms with Gasteiger partial charge in [-0.15, -0.1) is 0 Å². The standard InChI is InChI=1S/C12H21Si.CH3.2ClH.Ti/c1-8-9(2)11(4)12(10(8)3)13(5,6)7;;;;/h12H,5H2,1-4,6-7H3;1H3;2*1H;/q2*-1;;;+2/p-2. The van der Waals surface area contributed by atoms with Gasteiger partial charge in [-0.2, -0.15) is 0 Å². The molecule has 100 valence electrons. The molecule has 1 aliphatic rings. The van der Waals surface area contributed by atoms with Crippen molar-refractivity contribution in [3.8, 4) is 0 Å². The first kappa shape index (κ1) is 20.3. The number of rotatable bonds is 1. The van der Waals surface area contributed by atoms with Gasteiger partial charge in [-0.3, -0.25) is 0 Å². The molecule has 0 unspecified atom stereocenters. The van der Waals surface area contributed by atoms with Gasteiger partial charge in [-0.1, -0.05) is 32.3 Å². The van der Waals surface area contributed by atoms with Crippen molar-refractivity contribution < 1.29 is 17.0 Å². The van der Waals surface area contributed by atoms with Crippen molar-refractivity contribution in [2.45, 2.75) is 46.3 Å².